The maximum absolute atomic E-state index is 8.54. The molecule has 0 heterocycles. The summed E-state index contributed by atoms with van der Waals surface area (Å²) in [5.41, 5.74) is 0.965. The van der Waals surface area contributed by atoms with E-state index in [4.69, 9.17) is 19.7 Å². The summed E-state index contributed by atoms with van der Waals surface area (Å²) < 4.78 is 9.88. The van der Waals surface area contributed by atoms with Crippen LogP contribution in [0.5, 0.6) is 0 Å². The summed E-state index contributed by atoms with van der Waals surface area (Å²) in [7, 11) is 0. The number of hydrogen-bond donors (Lipinski definition) is 2. The summed E-state index contributed by atoms with van der Waals surface area (Å²) in [5.74, 6) is 0. The predicted octanol–water partition coefficient (Wildman–Crippen LogP) is 1.21. The zero-order chi connectivity index (χ0) is 12.8. The molecule has 0 aromatic heterocycles. The minimum atomic E-state index is 0.0894. The molecule has 1 aromatic rings. The third-order valence-corrected chi connectivity index (χ3v) is 1.84. The molecule has 4 heteroatoms. The van der Waals surface area contributed by atoms with Gasteiger partial charge in [0.05, 0.1) is 33.0 Å². The van der Waals surface area contributed by atoms with Crippen molar-refractivity contribution in [2.45, 2.75) is 13.5 Å². The van der Waals surface area contributed by atoms with Crippen molar-refractivity contribution in [3.05, 3.63) is 35.9 Å². The lowest BCUT2D eigenvalue weighted by atomic mass is 10.2. The molecule has 0 bridgehead atoms. The second kappa shape index (κ2) is 13.1. The Balaban J connectivity index is 0.000000302. The highest BCUT2D eigenvalue weighted by molar-refractivity contribution is 5.12. The second-order valence-electron chi connectivity index (χ2n) is 3.18. The minimum Gasteiger partial charge on any atom is -0.394 e. The highest BCUT2D eigenvalue weighted by Crippen LogP contribution is 1.95. The van der Waals surface area contributed by atoms with Gasteiger partial charge >= 0.3 is 0 Å². The van der Waals surface area contributed by atoms with Crippen LogP contribution in [0.1, 0.15) is 12.5 Å². The molecule has 0 amide bonds. The lowest BCUT2D eigenvalue weighted by Gasteiger charge is -2.00. The lowest BCUT2D eigenvalue weighted by Crippen LogP contribution is -2.06. The van der Waals surface area contributed by atoms with Crippen LogP contribution in [0.25, 0.3) is 0 Å². The fraction of sp³-hybridized carbons (Fsp3) is 0.538. The number of aliphatic hydroxyl groups excluding tert-OH is 2. The van der Waals surface area contributed by atoms with Gasteiger partial charge < -0.3 is 19.7 Å². The lowest BCUT2D eigenvalue weighted by molar-refractivity contribution is 0.0370. The predicted molar refractivity (Wildman–Crippen MR) is 66.8 cm³/mol. The van der Waals surface area contributed by atoms with Crippen molar-refractivity contribution in [2.24, 2.45) is 0 Å². The van der Waals surface area contributed by atoms with E-state index >= 15 is 0 Å². The molecule has 0 saturated carbocycles. The minimum absolute atomic E-state index is 0.0894. The molecule has 0 atom stereocenters. The van der Waals surface area contributed by atoms with E-state index in [9.17, 15) is 0 Å². The van der Waals surface area contributed by atoms with Gasteiger partial charge in [0, 0.05) is 6.61 Å². The molecule has 0 spiro atoms. The van der Waals surface area contributed by atoms with Gasteiger partial charge in [0.15, 0.2) is 0 Å². The Bertz CT molecular complexity index is 232. The highest BCUT2D eigenvalue weighted by atomic mass is 16.5. The Morgan fingerprint density at radius 3 is 2.06 bits per heavy atom. The van der Waals surface area contributed by atoms with E-state index in [1.165, 1.54) is 0 Å². The summed E-state index contributed by atoms with van der Waals surface area (Å²) >= 11 is 0. The number of ether oxygens (including phenoxy) is 2. The molecule has 1 rings (SSSR count). The van der Waals surface area contributed by atoms with Gasteiger partial charge in [0.1, 0.15) is 0 Å². The molecule has 0 aliphatic heterocycles. The van der Waals surface area contributed by atoms with Gasteiger partial charge in [-0.15, -0.1) is 0 Å². The number of hydrogen-bond acceptors (Lipinski definition) is 4. The first kappa shape index (κ1) is 16.1. The molecule has 4 nitrogen and oxygen atoms in total. The number of aliphatic hydroxyl groups is 2. The van der Waals surface area contributed by atoms with Gasteiger partial charge in [-0.1, -0.05) is 30.3 Å². The van der Waals surface area contributed by atoms with Gasteiger partial charge in [-0.05, 0) is 12.5 Å². The highest BCUT2D eigenvalue weighted by Gasteiger charge is 1.84. The standard InChI is InChI=1S/C7H8O.C6H14O3/c8-6-7-4-2-1-3-5-7;1-2-8-5-6-9-4-3-7/h1-5,8H,6H2;7H,2-6H2,1H3. The van der Waals surface area contributed by atoms with Crippen LogP contribution in [-0.4, -0.2) is 43.2 Å². The maximum Gasteiger partial charge on any atom is 0.0701 e. The molecule has 2 N–H and O–H groups in total. The summed E-state index contributed by atoms with van der Waals surface area (Å²) in [6.07, 6.45) is 0. The Morgan fingerprint density at radius 1 is 0.941 bits per heavy atom. The molecular formula is C13H22O4. The molecule has 0 fully saturated rings. The van der Waals surface area contributed by atoms with Crippen LogP contribution in [0, 0.1) is 0 Å². The zero-order valence-corrected chi connectivity index (χ0v) is 10.3. The van der Waals surface area contributed by atoms with Crippen LogP contribution in [0.2, 0.25) is 0 Å². The fourth-order valence-corrected chi connectivity index (χ4v) is 1.01. The zero-order valence-electron chi connectivity index (χ0n) is 10.3. The third kappa shape index (κ3) is 11.3. The normalized spacial score (nSPS) is 9.59. The van der Waals surface area contributed by atoms with E-state index in [1.54, 1.807) is 0 Å². The Labute approximate surface area is 103 Å². The average Bonchev–Trinajstić information content (AvgIpc) is 2.40. The molecule has 1 aromatic carbocycles. The largest absolute Gasteiger partial charge is 0.394 e. The van der Waals surface area contributed by atoms with E-state index in [1.807, 2.05) is 37.3 Å². The topological polar surface area (TPSA) is 58.9 Å². The molecule has 17 heavy (non-hydrogen) atoms. The van der Waals surface area contributed by atoms with Crippen LogP contribution >= 0.6 is 0 Å². The van der Waals surface area contributed by atoms with Crippen molar-refractivity contribution in [3.63, 3.8) is 0 Å². The molecule has 0 aliphatic rings. The van der Waals surface area contributed by atoms with E-state index < -0.39 is 0 Å². The summed E-state index contributed by atoms with van der Waals surface area (Å²) in [6, 6.07) is 9.52. The van der Waals surface area contributed by atoms with Crippen molar-refractivity contribution in [2.75, 3.05) is 33.0 Å². The quantitative estimate of drug-likeness (QED) is 0.706. The first-order valence-electron chi connectivity index (χ1n) is 5.76. The molecule has 0 unspecified atom stereocenters. The van der Waals surface area contributed by atoms with Crippen LogP contribution in [0.3, 0.4) is 0 Å². The van der Waals surface area contributed by atoms with Gasteiger partial charge in [0.2, 0.25) is 0 Å². The van der Waals surface area contributed by atoms with Crippen LogP contribution in [-0.2, 0) is 16.1 Å². The van der Waals surface area contributed by atoms with Crippen LogP contribution < -0.4 is 0 Å². The Morgan fingerprint density at radius 2 is 1.59 bits per heavy atom. The smallest absolute Gasteiger partial charge is 0.0701 e. The Hall–Kier alpha value is -0.940. The number of benzene rings is 1. The van der Waals surface area contributed by atoms with Crippen molar-refractivity contribution in [1.82, 2.24) is 0 Å². The van der Waals surface area contributed by atoms with Crippen molar-refractivity contribution < 1.29 is 19.7 Å². The van der Waals surface area contributed by atoms with Crippen molar-refractivity contribution in [1.29, 1.82) is 0 Å². The van der Waals surface area contributed by atoms with Gasteiger partial charge in [-0.3, -0.25) is 0 Å². The van der Waals surface area contributed by atoms with E-state index in [0.29, 0.717) is 19.8 Å². The monoisotopic (exact) mass is 242 g/mol. The van der Waals surface area contributed by atoms with E-state index in [0.717, 1.165) is 12.2 Å². The van der Waals surface area contributed by atoms with Crippen LogP contribution in [0.15, 0.2) is 30.3 Å². The Kier molecular flexibility index (Phi) is 12.4. The van der Waals surface area contributed by atoms with E-state index in [2.05, 4.69) is 0 Å². The van der Waals surface area contributed by atoms with E-state index in [-0.39, 0.29) is 13.2 Å². The van der Waals surface area contributed by atoms with Crippen LogP contribution in [0.4, 0.5) is 0 Å². The maximum atomic E-state index is 8.54. The summed E-state index contributed by atoms with van der Waals surface area (Å²) in [6.45, 7) is 4.50. The van der Waals surface area contributed by atoms with Gasteiger partial charge in [0.25, 0.3) is 0 Å². The molecule has 0 aliphatic carbocycles. The molecule has 0 radical (unpaired) electrons. The molecule has 0 saturated heterocycles. The van der Waals surface area contributed by atoms with Crippen molar-refractivity contribution in [3.8, 4) is 0 Å². The fourth-order valence-electron chi connectivity index (χ4n) is 1.01. The molecular weight excluding hydrogens is 220 g/mol. The SMILES string of the molecule is CCOCCOCCO.OCc1ccccc1. The molecule has 98 valence electrons. The first-order valence-corrected chi connectivity index (χ1v) is 5.76. The summed E-state index contributed by atoms with van der Waals surface area (Å²) in [5, 5.41) is 16.8. The van der Waals surface area contributed by atoms with Gasteiger partial charge in [-0.2, -0.15) is 0 Å². The average molecular weight is 242 g/mol. The first-order chi connectivity index (χ1) is 8.35. The summed E-state index contributed by atoms with van der Waals surface area (Å²) in [4.78, 5) is 0. The van der Waals surface area contributed by atoms with Crippen molar-refractivity contribution >= 4 is 0 Å². The number of rotatable bonds is 7. The third-order valence-electron chi connectivity index (χ3n) is 1.84. The van der Waals surface area contributed by atoms with Gasteiger partial charge in [-0.25, -0.2) is 0 Å². The second-order valence-corrected chi connectivity index (χ2v) is 3.18.